The molecule has 5 nitrogen and oxygen atoms in total. The lowest BCUT2D eigenvalue weighted by Gasteiger charge is -2.19. The molecule has 0 saturated carbocycles. The summed E-state index contributed by atoms with van der Waals surface area (Å²) in [6, 6.07) is 0. The molecule has 0 fully saturated rings. The summed E-state index contributed by atoms with van der Waals surface area (Å²) in [5.74, 6) is 9.72. The van der Waals surface area contributed by atoms with Gasteiger partial charge < -0.3 is 10.2 Å². The molecule has 0 bridgehead atoms. The van der Waals surface area contributed by atoms with Crippen LogP contribution < -0.4 is 11.3 Å². The minimum atomic E-state index is 0.550. The third-order valence-electron chi connectivity index (χ3n) is 2.69. The summed E-state index contributed by atoms with van der Waals surface area (Å²) in [4.78, 5) is 9.06. The number of fused-ring (bicyclic) bond motifs is 1. The summed E-state index contributed by atoms with van der Waals surface area (Å²) in [5.41, 5.74) is 4.73. The van der Waals surface area contributed by atoms with E-state index in [1.165, 1.54) is 0 Å². The molecule has 0 radical (unpaired) electrons. The molecule has 0 saturated heterocycles. The first-order valence-electron chi connectivity index (χ1n) is 6.21. The maximum absolute atomic E-state index is 5.52. The van der Waals surface area contributed by atoms with Crippen LogP contribution in [0.5, 0.6) is 0 Å². The van der Waals surface area contributed by atoms with E-state index in [9.17, 15) is 0 Å². The Hall–Kier alpha value is -0.850. The lowest BCUT2D eigenvalue weighted by Crippen LogP contribution is -2.20. The number of thioether (sulfide) groups is 1. The fraction of sp³-hybridized carbons (Fsp3) is 0.667. The van der Waals surface area contributed by atoms with Crippen LogP contribution in [0.3, 0.4) is 0 Å². The Balaban J connectivity index is 2.11. The second-order valence-electron chi connectivity index (χ2n) is 4.77. The van der Waals surface area contributed by atoms with Crippen molar-refractivity contribution in [2.24, 2.45) is 11.8 Å². The van der Waals surface area contributed by atoms with E-state index in [4.69, 9.17) is 10.6 Å². The first kappa shape index (κ1) is 13.6. The van der Waals surface area contributed by atoms with Crippen LogP contribution in [0, 0.1) is 5.92 Å². The van der Waals surface area contributed by atoms with Crippen molar-refractivity contribution < 1.29 is 4.74 Å². The highest BCUT2D eigenvalue weighted by atomic mass is 32.2. The third-order valence-corrected chi connectivity index (χ3v) is 4.05. The number of nitrogens with zero attached hydrogens (tertiary/aromatic N) is 2. The van der Waals surface area contributed by atoms with E-state index in [0.29, 0.717) is 18.3 Å². The summed E-state index contributed by atoms with van der Waals surface area (Å²) in [6.07, 6.45) is 0.842. The highest BCUT2D eigenvalue weighted by Crippen LogP contribution is 2.23. The highest BCUT2D eigenvalue weighted by molar-refractivity contribution is 7.98. The Morgan fingerprint density at radius 1 is 1.44 bits per heavy atom. The van der Waals surface area contributed by atoms with Crippen molar-refractivity contribution in [2.75, 3.05) is 17.8 Å². The van der Waals surface area contributed by atoms with Crippen LogP contribution >= 0.6 is 11.8 Å². The van der Waals surface area contributed by atoms with E-state index in [-0.39, 0.29) is 0 Å². The minimum absolute atomic E-state index is 0.550. The number of aromatic nitrogens is 2. The molecule has 3 N–H and O–H groups in total. The summed E-state index contributed by atoms with van der Waals surface area (Å²) >= 11 is 1.86. The van der Waals surface area contributed by atoms with Crippen LogP contribution in [0.1, 0.15) is 30.9 Å². The quantitative estimate of drug-likeness (QED) is 0.626. The van der Waals surface area contributed by atoms with Crippen LogP contribution in [0.2, 0.25) is 0 Å². The molecule has 2 rings (SSSR count). The van der Waals surface area contributed by atoms with Crippen molar-refractivity contribution in [2.45, 2.75) is 32.6 Å². The smallest absolute Gasteiger partial charge is 0.149 e. The van der Waals surface area contributed by atoms with Gasteiger partial charge >= 0.3 is 0 Å². The summed E-state index contributed by atoms with van der Waals surface area (Å²) in [7, 11) is 0. The summed E-state index contributed by atoms with van der Waals surface area (Å²) < 4.78 is 5.41. The maximum atomic E-state index is 5.52. The number of nitrogens with one attached hydrogen (secondary N) is 1. The first-order valence-corrected chi connectivity index (χ1v) is 7.37. The van der Waals surface area contributed by atoms with Gasteiger partial charge in [-0.3, -0.25) is 0 Å². The zero-order valence-electron chi connectivity index (χ0n) is 10.9. The van der Waals surface area contributed by atoms with Crippen LogP contribution in [0.15, 0.2) is 0 Å². The standard InChI is InChI=1S/C12H20N4OS/c1-8(2)6-18-7-11-14-10-3-4-17-5-9(10)12(15-11)16-13/h8H,3-7,13H2,1-2H3,(H,14,15,16). The van der Waals surface area contributed by atoms with Crippen molar-refractivity contribution in [3.8, 4) is 0 Å². The second-order valence-corrected chi connectivity index (χ2v) is 5.80. The maximum Gasteiger partial charge on any atom is 0.149 e. The molecule has 18 heavy (non-hydrogen) atoms. The Bertz CT molecular complexity index is 394. The van der Waals surface area contributed by atoms with Crippen LogP contribution in [0.25, 0.3) is 0 Å². The lowest BCUT2D eigenvalue weighted by atomic mass is 10.1. The zero-order chi connectivity index (χ0) is 13.0. The molecular formula is C12H20N4OS. The molecule has 0 unspecified atom stereocenters. The van der Waals surface area contributed by atoms with Crippen molar-refractivity contribution in [3.05, 3.63) is 17.1 Å². The molecule has 6 heteroatoms. The molecule has 0 aliphatic carbocycles. The van der Waals surface area contributed by atoms with Crippen molar-refractivity contribution in [1.29, 1.82) is 0 Å². The predicted molar refractivity (Wildman–Crippen MR) is 74.2 cm³/mol. The van der Waals surface area contributed by atoms with Crippen molar-refractivity contribution >= 4 is 17.6 Å². The van der Waals surface area contributed by atoms with Gasteiger partial charge in [-0.1, -0.05) is 13.8 Å². The number of anilines is 1. The van der Waals surface area contributed by atoms with Gasteiger partial charge in [0.2, 0.25) is 0 Å². The average molecular weight is 268 g/mol. The third kappa shape index (κ3) is 3.34. The molecule has 0 atom stereocenters. The molecule has 1 aliphatic heterocycles. The van der Waals surface area contributed by atoms with Gasteiger partial charge in [-0.15, -0.1) is 0 Å². The van der Waals surface area contributed by atoms with E-state index >= 15 is 0 Å². The number of hydrogen-bond donors (Lipinski definition) is 2. The summed E-state index contributed by atoms with van der Waals surface area (Å²) in [5, 5.41) is 0. The van der Waals surface area contributed by atoms with E-state index in [1.54, 1.807) is 0 Å². The molecule has 2 heterocycles. The monoisotopic (exact) mass is 268 g/mol. The number of rotatable bonds is 5. The molecule has 100 valence electrons. The van der Waals surface area contributed by atoms with Gasteiger partial charge in [0.25, 0.3) is 0 Å². The van der Waals surface area contributed by atoms with Gasteiger partial charge in [0, 0.05) is 12.0 Å². The average Bonchev–Trinajstić information content (AvgIpc) is 2.37. The number of nitrogen functional groups attached to an aromatic ring is 1. The van der Waals surface area contributed by atoms with Crippen LogP contribution in [-0.2, 0) is 23.5 Å². The van der Waals surface area contributed by atoms with Gasteiger partial charge in [-0.2, -0.15) is 11.8 Å². The molecular weight excluding hydrogens is 248 g/mol. The van der Waals surface area contributed by atoms with Gasteiger partial charge in [0.15, 0.2) is 0 Å². The Morgan fingerprint density at radius 2 is 2.28 bits per heavy atom. The Morgan fingerprint density at radius 3 is 3.00 bits per heavy atom. The van der Waals surface area contributed by atoms with E-state index in [2.05, 4.69) is 29.2 Å². The van der Waals surface area contributed by atoms with Gasteiger partial charge in [0.1, 0.15) is 11.6 Å². The van der Waals surface area contributed by atoms with Gasteiger partial charge in [-0.25, -0.2) is 15.8 Å². The fourth-order valence-corrected chi connectivity index (χ4v) is 2.75. The van der Waals surface area contributed by atoms with Crippen LogP contribution in [0.4, 0.5) is 5.82 Å². The zero-order valence-corrected chi connectivity index (χ0v) is 11.7. The molecule has 0 aromatic carbocycles. The largest absolute Gasteiger partial charge is 0.376 e. The van der Waals surface area contributed by atoms with Crippen LogP contribution in [-0.4, -0.2) is 22.3 Å². The fourth-order valence-electron chi connectivity index (χ4n) is 1.85. The number of hydrogen-bond acceptors (Lipinski definition) is 6. The molecule has 0 amide bonds. The van der Waals surface area contributed by atoms with Gasteiger partial charge in [-0.05, 0) is 11.7 Å². The lowest BCUT2D eigenvalue weighted by molar-refractivity contribution is 0.109. The molecule has 1 aliphatic rings. The topological polar surface area (TPSA) is 73.1 Å². The molecule has 1 aromatic rings. The number of hydrazine groups is 1. The van der Waals surface area contributed by atoms with Crippen molar-refractivity contribution in [3.63, 3.8) is 0 Å². The minimum Gasteiger partial charge on any atom is -0.376 e. The Labute approximate surface area is 112 Å². The van der Waals surface area contributed by atoms with Gasteiger partial charge in [0.05, 0.1) is 24.7 Å². The molecule has 1 aromatic heterocycles. The number of ether oxygens (including phenoxy) is 1. The van der Waals surface area contributed by atoms with E-state index in [0.717, 1.165) is 41.6 Å². The second kappa shape index (κ2) is 6.36. The Kier molecular flexibility index (Phi) is 4.79. The highest BCUT2D eigenvalue weighted by Gasteiger charge is 2.17. The first-order chi connectivity index (χ1) is 8.70. The normalized spacial score (nSPS) is 14.7. The van der Waals surface area contributed by atoms with E-state index < -0.39 is 0 Å². The predicted octanol–water partition coefficient (Wildman–Crippen LogP) is 1.72. The SMILES string of the molecule is CC(C)CSCc1nc2c(c(NN)n1)COCC2. The molecule has 0 spiro atoms. The van der Waals surface area contributed by atoms with E-state index in [1.807, 2.05) is 11.8 Å². The van der Waals surface area contributed by atoms with Crippen molar-refractivity contribution in [1.82, 2.24) is 9.97 Å². The summed E-state index contributed by atoms with van der Waals surface area (Å²) in [6.45, 7) is 5.71. The number of nitrogens with two attached hydrogens (primary N) is 1.